The van der Waals surface area contributed by atoms with Crippen LogP contribution in [0.2, 0.25) is 0 Å². The molecule has 0 radical (unpaired) electrons. The highest BCUT2D eigenvalue weighted by molar-refractivity contribution is 4.75. The molecule has 0 aromatic heterocycles. The number of hydrogen-bond acceptors (Lipinski definition) is 2. The standard InChI is InChI=1S/C9H19NO/c1-3-5-10-9-4-6-11-7-8(9)2/h8-10H,3-7H2,1-2H3. The summed E-state index contributed by atoms with van der Waals surface area (Å²) in [4.78, 5) is 0. The molecule has 1 aliphatic heterocycles. The van der Waals surface area contributed by atoms with Gasteiger partial charge in [0.1, 0.15) is 0 Å². The third-order valence-electron chi connectivity index (χ3n) is 2.30. The fourth-order valence-corrected chi connectivity index (χ4v) is 1.51. The summed E-state index contributed by atoms with van der Waals surface area (Å²) in [6, 6.07) is 0.698. The summed E-state index contributed by atoms with van der Waals surface area (Å²) >= 11 is 0. The van der Waals surface area contributed by atoms with E-state index in [1.54, 1.807) is 0 Å². The van der Waals surface area contributed by atoms with E-state index < -0.39 is 0 Å². The molecule has 0 amide bonds. The Morgan fingerprint density at radius 1 is 1.55 bits per heavy atom. The monoisotopic (exact) mass is 157 g/mol. The lowest BCUT2D eigenvalue weighted by molar-refractivity contribution is 0.0392. The van der Waals surface area contributed by atoms with E-state index in [1.807, 2.05) is 0 Å². The fraction of sp³-hybridized carbons (Fsp3) is 1.00. The molecule has 2 nitrogen and oxygen atoms in total. The van der Waals surface area contributed by atoms with Crippen molar-refractivity contribution in [3.05, 3.63) is 0 Å². The van der Waals surface area contributed by atoms with Crippen molar-refractivity contribution >= 4 is 0 Å². The molecule has 1 rings (SSSR count). The Kier molecular flexibility index (Phi) is 3.87. The van der Waals surface area contributed by atoms with Crippen LogP contribution >= 0.6 is 0 Å². The van der Waals surface area contributed by atoms with Crippen LogP contribution in [0.1, 0.15) is 26.7 Å². The summed E-state index contributed by atoms with van der Waals surface area (Å²) in [5, 5.41) is 3.54. The van der Waals surface area contributed by atoms with Crippen molar-refractivity contribution in [3.63, 3.8) is 0 Å². The van der Waals surface area contributed by atoms with Crippen molar-refractivity contribution in [2.24, 2.45) is 5.92 Å². The van der Waals surface area contributed by atoms with E-state index in [2.05, 4.69) is 19.2 Å². The second-order valence-electron chi connectivity index (χ2n) is 3.40. The highest BCUT2D eigenvalue weighted by Gasteiger charge is 2.20. The van der Waals surface area contributed by atoms with Gasteiger partial charge in [-0.2, -0.15) is 0 Å². The quantitative estimate of drug-likeness (QED) is 0.669. The molecular formula is C9H19NO. The molecule has 1 saturated heterocycles. The van der Waals surface area contributed by atoms with Crippen LogP contribution in [0.15, 0.2) is 0 Å². The first-order chi connectivity index (χ1) is 5.34. The first-order valence-electron chi connectivity index (χ1n) is 4.65. The first-order valence-corrected chi connectivity index (χ1v) is 4.65. The minimum absolute atomic E-state index is 0.690. The van der Waals surface area contributed by atoms with Gasteiger partial charge in [-0.1, -0.05) is 13.8 Å². The summed E-state index contributed by atoms with van der Waals surface area (Å²) < 4.78 is 5.35. The summed E-state index contributed by atoms with van der Waals surface area (Å²) in [7, 11) is 0. The van der Waals surface area contributed by atoms with Crippen molar-refractivity contribution in [1.29, 1.82) is 0 Å². The van der Waals surface area contributed by atoms with Crippen LogP contribution in [0.25, 0.3) is 0 Å². The maximum Gasteiger partial charge on any atom is 0.0506 e. The third kappa shape index (κ3) is 2.80. The second-order valence-corrected chi connectivity index (χ2v) is 3.40. The lowest BCUT2D eigenvalue weighted by Crippen LogP contribution is -2.41. The highest BCUT2D eigenvalue weighted by atomic mass is 16.5. The lowest BCUT2D eigenvalue weighted by Gasteiger charge is -2.29. The largest absolute Gasteiger partial charge is 0.381 e. The van der Waals surface area contributed by atoms with E-state index in [0.29, 0.717) is 12.0 Å². The molecule has 1 heterocycles. The second kappa shape index (κ2) is 4.73. The zero-order valence-electron chi connectivity index (χ0n) is 7.60. The summed E-state index contributed by atoms with van der Waals surface area (Å²) in [5.41, 5.74) is 0. The van der Waals surface area contributed by atoms with Crippen LogP contribution in [0.3, 0.4) is 0 Å². The Morgan fingerprint density at radius 2 is 2.36 bits per heavy atom. The summed E-state index contributed by atoms with van der Waals surface area (Å²) in [6.07, 6.45) is 2.41. The Hall–Kier alpha value is -0.0800. The van der Waals surface area contributed by atoms with Gasteiger partial charge in [-0.15, -0.1) is 0 Å². The predicted octanol–water partition coefficient (Wildman–Crippen LogP) is 1.41. The zero-order valence-corrected chi connectivity index (χ0v) is 7.60. The topological polar surface area (TPSA) is 21.3 Å². The molecule has 11 heavy (non-hydrogen) atoms. The molecule has 0 saturated carbocycles. The third-order valence-corrected chi connectivity index (χ3v) is 2.30. The maximum absolute atomic E-state index is 5.35. The van der Waals surface area contributed by atoms with Crippen LogP contribution < -0.4 is 5.32 Å². The molecule has 0 aromatic carbocycles. The number of ether oxygens (including phenoxy) is 1. The van der Waals surface area contributed by atoms with Gasteiger partial charge in [0.25, 0.3) is 0 Å². The van der Waals surface area contributed by atoms with E-state index in [1.165, 1.54) is 12.8 Å². The van der Waals surface area contributed by atoms with Gasteiger partial charge in [0.05, 0.1) is 6.61 Å². The Balaban J connectivity index is 2.18. The molecule has 0 aromatic rings. The number of nitrogens with one attached hydrogen (secondary N) is 1. The summed E-state index contributed by atoms with van der Waals surface area (Å²) in [6.45, 7) is 7.48. The van der Waals surface area contributed by atoms with Crippen LogP contribution in [-0.4, -0.2) is 25.8 Å². The molecule has 2 heteroatoms. The van der Waals surface area contributed by atoms with Crippen LogP contribution in [0.4, 0.5) is 0 Å². The molecule has 0 spiro atoms. The van der Waals surface area contributed by atoms with E-state index >= 15 is 0 Å². The molecule has 1 aliphatic rings. The normalized spacial score (nSPS) is 32.2. The van der Waals surface area contributed by atoms with Gasteiger partial charge >= 0.3 is 0 Å². The van der Waals surface area contributed by atoms with Gasteiger partial charge in [-0.3, -0.25) is 0 Å². The van der Waals surface area contributed by atoms with Crippen molar-refractivity contribution in [1.82, 2.24) is 5.32 Å². The maximum atomic E-state index is 5.35. The van der Waals surface area contributed by atoms with Crippen LogP contribution in [0.5, 0.6) is 0 Å². The van der Waals surface area contributed by atoms with Crippen LogP contribution in [0, 0.1) is 5.92 Å². The molecule has 2 atom stereocenters. The minimum Gasteiger partial charge on any atom is -0.381 e. The first kappa shape index (κ1) is 9.01. The van der Waals surface area contributed by atoms with Crippen molar-refractivity contribution in [2.45, 2.75) is 32.7 Å². The summed E-state index contributed by atoms with van der Waals surface area (Å²) in [5.74, 6) is 0.690. The number of hydrogen-bond donors (Lipinski definition) is 1. The van der Waals surface area contributed by atoms with Gasteiger partial charge in [0.2, 0.25) is 0 Å². The molecule has 1 N–H and O–H groups in total. The molecular weight excluding hydrogens is 138 g/mol. The fourth-order valence-electron chi connectivity index (χ4n) is 1.51. The van der Waals surface area contributed by atoms with Gasteiger partial charge in [0, 0.05) is 12.6 Å². The average molecular weight is 157 g/mol. The Morgan fingerprint density at radius 3 is 3.00 bits per heavy atom. The van der Waals surface area contributed by atoms with Crippen molar-refractivity contribution < 1.29 is 4.74 Å². The van der Waals surface area contributed by atoms with E-state index in [4.69, 9.17) is 4.74 Å². The van der Waals surface area contributed by atoms with Crippen molar-refractivity contribution in [2.75, 3.05) is 19.8 Å². The van der Waals surface area contributed by atoms with Gasteiger partial charge in [-0.05, 0) is 25.3 Å². The molecule has 2 unspecified atom stereocenters. The zero-order chi connectivity index (χ0) is 8.10. The van der Waals surface area contributed by atoms with E-state index in [-0.39, 0.29) is 0 Å². The minimum atomic E-state index is 0.690. The Bertz CT molecular complexity index is 106. The average Bonchev–Trinajstić information content (AvgIpc) is 2.03. The molecule has 1 fully saturated rings. The van der Waals surface area contributed by atoms with E-state index in [9.17, 15) is 0 Å². The Labute approximate surface area is 69.3 Å². The predicted molar refractivity (Wildman–Crippen MR) is 46.7 cm³/mol. The molecule has 0 bridgehead atoms. The highest BCUT2D eigenvalue weighted by Crippen LogP contribution is 2.13. The van der Waals surface area contributed by atoms with E-state index in [0.717, 1.165) is 19.8 Å². The number of rotatable bonds is 3. The van der Waals surface area contributed by atoms with Gasteiger partial charge in [0.15, 0.2) is 0 Å². The van der Waals surface area contributed by atoms with Crippen LogP contribution in [-0.2, 0) is 4.74 Å². The van der Waals surface area contributed by atoms with Gasteiger partial charge < -0.3 is 10.1 Å². The SMILES string of the molecule is CCCNC1CCOCC1C. The molecule has 66 valence electrons. The molecule has 0 aliphatic carbocycles. The van der Waals surface area contributed by atoms with Crippen molar-refractivity contribution in [3.8, 4) is 0 Å². The smallest absolute Gasteiger partial charge is 0.0506 e. The lowest BCUT2D eigenvalue weighted by atomic mass is 9.98. The van der Waals surface area contributed by atoms with Gasteiger partial charge in [-0.25, -0.2) is 0 Å².